The van der Waals surface area contributed by atoms with Gasteiger partial charge in [-0.2, -0.15) is 21.6 Å². The van der Waals surface area contributed by atoms with Crippen LogP contribution in [0.1, 0.15) is 5.69 Å². The van der Waals surface area contributed by atoms with Crippen LogP contribution in [0.2, 0.25) is 0 Å². The first-order chi connectivity index (χ1) is 11.7. The van der Waals surface area contributed by atoms with Crippen LogP contribution in [-0.4, -0.2) is 24.8 Å². The third-order valence-electron chi connectivity index (χ3n) is 3.58. The van der Waals surface area contributed by atoms with E-state index >= 15 is 0 Å². The molecule has 0 saturated carbocycles. The van der Waals surface area contributed by atoms with Crippen molar-refractivity contribution in [2.75, 3.05) is 10.6 Å². The van der Waals surface area contributed by atoms with Gasteiger partial charge in [-0.15, -0.1) is 0 Å². The minimum absolute atomic E-state index is 0.302. The first kappa shape index (κ1) is 14.6. The summed E-state index contributed by atoms with van der Waals surface area (Å²) in [5, 5.41) is 19.1. The molecule has 0 spiro atoms. The number of nitrogens with zero attached hydrogens (tertiary/aromatic N) is 5. The summed E-state index contributed by atoms with van der Waals surface area (Å²) in [5.41, 5.74) is 6.92. The van der Waals surface area contributed by atoms with Gasteiger partial charge in [0.1, 0.15) is 0 Å². The Balaban J connectivity index is 1.71. The lowest BCUT2D eigenvalue weighted by molar-refractivity contribution is 0.276. The highest BCUT2D eigenvalue weighted by atomic mass is 32.1. The summed E-state index contributed by atoms with van der Waals surface area (Å²) in [6, 6.07) is 9.51. The van der Waals surface area contributed by atoms with E-state index in [1.54, 1.807) is 12.3 Å². The van der Waals surface area contributed by atoms with E-state index in [1.807, 2.05) is 52.7 Å². The average Bonchev–Trinajstić information content (AvgIpc) is 3.22. The van der Waals surface area contributed by atoms with Gasteiger partial charge in [0.2, 0.25) is 5.95 Å². The Hall–Kier alpha value is -2.97. The maximum atomic E-state index is 10.0. The number of aryl methyl sites for hydroxylation is 1. The number of nitrogens with one attached hydrogen (secondary N) is 1. The molecule has 0 aliphatic heterocycles. The second-order valence-electron chi connectivity index (χ2n) is 5.16. The number of hydrogen-bond acceptors (Lipinski definition) is 7. The largest absolute Gasteiger partial charge is 0.269 e. The molecule has 0 amide bonds. The SMILES string of the molecule is Cc1nn2ccccc2c1-c1ccnc(NN(O)c2ccsc2)n1. The number of thiophene rings is 1. The fraction of sp³-hybridized carbons (Fsp3) is 0.0625. The van der Waals surface area contributed by atoms with Crippen LogP contribution in [0.25, 0.3) is 16.8 Å². The Morgan fingerprint density at radius 1 is 1.25 bits per heavy atom. The molecule has 0 unspecified atom stereocenters. The lowest BCUT2D eigenvalue weighted by Gasteiger charge is -2.16. The highest BCUT2D eigenvalue weighted by Crippen LogP contribution is 2.27. The third-order valence-corrected chi connectivity index (χ3v) is 4.25. The summed E-state index contributed by atoms with van der Waals surface area (Å²) in [7, 11) is 0. The van der Waals surface area contributed by atoms with Gasteiger partial charge in [-0.1, -0.05) is 6.07 Å². The standard InChI is InChI=1S/C16H14N6OS/c1-11-15(14-4-2-3-8-21(14)19-11)13-5-7-17-16(18-13)20-22(23)12-6-9-24-10-12/h2-10,23H,1H3,(H,17,18,20). The van der Waals surface area contributed by atoms with Crippen molar-refractivity contribution >= 4 is 28.5 Å². The predicted molar refractivity (Wildman–Crippen MR) is 93.2 cm³/mol. The van der Waals surface area contributed by atoms with Gasteiger partial charge in [-0.05, 0) is 36.6 Å². The highest BCUT2D eigenvalue weighted by Gasteiger charge is 2.14. The second kappa shape index (κ2) is 5.91. The maximum Gasteiger partial charge on any atom is 0.244 e. The Morgan fingerprint density at radius 3 is 3.00 bits per heavy atom. The molecule has 4 aromatic rings. The molecule has 0 fully saturated rings. The fourth-order valence-corrected chi connectivity index (χ4v) is 3.14. The van der Waals surface area contributed by atoms with E-state index in [1.165, 1.54) is 11.3 Å². The van der Waals surface area contributed by atoms with Gasteiger partial charge in [-0.25, -0.2) is 19.9 Å². The summed E-state index contributed by atoms with van der Waals surface area (Å²) in [6.07, 6.45) is 3.55. The lowest BCUT2D eigenvalue weighted by Crippen LogP contribution is -2.26. The molecule has 24 heavy (non-hydrogen) atoms. The Bertz CT molecular complexity index is 981. The van der Waals surface area contributed by atoms with Crippen molar-refractivity contribution in [3.63, 3.8) is 0 Å². The zero-order valence-corrected chi connectivity index (χ0v) is 13.6. The molecule has 0 atom stereocenters. The van der Waals surface area contributed by atoms with Gasteiger partial charge in [0.05, 0.1) is 22.6 Å². The smallest absolute Gasteiger partial charge is 0.244 e. The number of fused-ring (bicyclic) bond motifs is 1. The molecule has 4 heterocycles. The third kappa shape index (κ3) is 2.57. The summed E-state index contributed by atoms with van der Waals surface area (Å²) in [4.78, 5) is 8.66. The highest BCUT2D eigenvalue weighted by molar-refractivity contribution is 7.08. The molecule has 0 radical (unpaired) electrons. The summed E-state index contributed by atoms with van der Waals surface area (Å²) in [6.45, 7) is 1.95. The normalized spacial score (nSPS) is 10.9. The summed E-state index contributed by atoms with van der Waals surface area (Å²) >= 11 is 1.49. The van der Waals surface area contributed by atoms with E-state index in [9.17, 15) is 5.21 Å². The quantitative estimate of drug-likeness (QED) is 0.555. The van der Waals surface area contributed by atoms with Gasteiger partial charge >= 0.3 is 0 Å². The summed E-state index contributed by atoms with van der Waals surface area (Å²) < 4.78 is 1.82. The topological polar surface area (TPSA) is 78.6 Å². The van der Waals surface area contributed by atoms with Crippen molar-refractivity contribution in [2.45, 2.75) is 6.92 Å². The first-order valence-corrected chi connectivity index (χ1v) is 8.22. The van der Waals surface area contributed by atoms with Crippen LogP contribution in [0.4, 0.5) is 11.6 Å². The van der Waals surface area contributed by atoms with Crippen LogP contribution in [0, 0.1) is 6.92 Å². The number of pyridine rings is 1. The van der Waals surface area contributed by atoms with E-state index in [4.69, 9.17) is 0 Å². The van der Waals surface area contributed by atoms with Gasteiger partial charge in [0.25, 0.3) is 0 Å². The monoisotopic (exact) mass is 338 g/mol. The Morgan fingerprint density at radius 2 is 2.17 bits per heavy atom. The van der Waals surface area contributed by atoms with E-state index in [-0.39, 0.29) is 0 Å². The van der Waals surface area contributed by atoms with Crippen LogP contribution in [0.15, 0.2) is 53.5 Å². The fourth-order valence-electron chi connectivity index (χ4n) is 2.52. The molecule has 4 aromatic heterocycles. The van der Waals surface area contributed by atoms with Crippen molar-refractivity contribution in [1.82, 2.24) is 19.6 Å². The Kier molecular flexibility index (Phi) is 3.60. The number of hydrogen-bond donors (Lipinski definition) is 2. The molecular weight excluding hydrogens is 324 g/mol. The molecule has 0 aliphatic carbocycles. The van der Waals surface area contributed by atoms with Crippen molar-refractivity contribution < 1.29 is 5.21 Å². The van der Waals surface area contributed by atoms with Crippen molar-refractivity contribution in [3.8, 4) is 11.3 Å². The van der Waals surface area contributed by atoms with E-state index in [0.717, 1.165) is 27.6 Å². The predicted octanol–water partition coefficient (Wildman–Crippen LogP) is 3.38. The second-order valence-corrected chi connectivity index (χ2v) is 5.94. The molecular formula is C16H14N6OS. The van der Waals surface area contributed by atoms with Crippen LogP contribution in [0.3, 0.4) is 0 Å². The molecule has 120 valence electrons. The van der Waals surface area contributed by atoms with Crippen LogP contribution >= 0.6 is 11.3 Å². The summed E-state index contributed by atoms with van der Waals surface area (Å²) in [5.74, 6) is 0.302. The van der Waals surface area contributed by atoms with Crippen molar-refractivity contribution in [1.29, 1.82) is 0 Å². The number of anilines is 2. The molecule has 0 aliphatic rings. The van der Waals surface area contributed by atoms with Gasteiger partial charge in [-0.3, -0.25) is 5.21 Å². The van der Waals surface area contributed by atoms with Crippen LogP contribution in [0.5, 0.6) is 0 Å². The minimum atomic E-state index is 0.302. The first-order valence-electron chi connectivity index (χ1n) is 7.27. The van der Waals surface area contributed by atoms with E-state index < -0.39 is 0 Å². The van der Waals surface area contributed by atoms with E-state index in [2.05, 4.69) is 20.5 Å². The zero-order valence-electron chi connectivity index (χ0n) is 12.8. The average molecular weight is 338 g/mol. The van der Waals surface area contributed by atoms with Gasteiger partial charge in [0, 0.05) is 23.3 Å². The van der Waals surface area contributed by atoms with Crippen molar-refractivity contribution in [2.24, 2.45) is 0 Å². The lowest BCUT2D eigenvalue weighted by atomic mass is 10.1. The van der Waals surface area contributed by atoms with Crippen LogP contribution < -0.4 is 10.6 Å². The van der Waals surface area contributed by atoms with Crippen LogP contribution in [-0.2, 0) is 0 Å². The molecule has 0 saturated heterocycles. The maximum absolute atomic E-state index is 10.0. The number of hydrazine groups is 1. The molecule has 0 bridgehead atoms. The number of aromatic nitrogens is 4. The zero-order chi connectivity index (χ0) is 16.5. The minimum Gasteiger partial charge on any atom is -0.269 e. The van der Waals surface area contributed by atoms with Crippen molar-refractivity contribution in [3.05, 3.63) is 59.2 Å². The number of rotatable bonds is 4. The molecule has 0 aromatic carbocycles. The molecule has 2 N–H and O–H groups in total. The molecule has 7 nitrogen and oxygen atoms in total. The van der Waals surface area contributed by atoms with E-state index in [0.29, 0.717) is 11.6 Å². The molecule has 8 heteroatoms. The van der Waals surface area contributed by atoms with Gasteiger partial charge in [0.15, 0.2) is 0 Å². The Labute approximate surface area is 141 Å². The van der Waals surface area contributed by atoms with Gasteiger partial charge < -0.3 is 0 Å². The molecule has 4 rings (SSSR count).